The van der Waals surface area contributed by atoms with Gasteiger partial charge in [-0.25, -0.2) is 0 Å². The summed E-state index contributed by atoms with van der Waals surface area (Å²) in [6.07, 6.45) is 4.47. The Hall–Kier alpha value is -3.78. The molecule has 0 saturated carbocycles. The van der Waals surface area contributed by atoms with E-state index in [1.165, 1.54) is 16.7 Å². The van der Waals surface area contributed by atoms with Crippen LogP contribution in [0.25, 0.3) is 6.08 Å². The van der Waals surface area contributed by atoms with Crippen molar-refractivity contribution in [1.82, 2.24) is 0 Å². The first-order chi connectivity index (χ1) is 15.2. The number of methoxy groups -OCH3 is 1. The van der Waals surface area contributed by atoms with Crippen LogP contribution in [0.1, 0.15) is 22.7 Å². The van der Waals surface area contributed by atoms with Crippen LogP contribution in [0.2, 0.25) is 0 Å². The summed E-state index contributed by atoms with van der Waals surface area (Å²) in [6.45, 7) is 2.12. The molecule has 0 heterocycles. The van der Waals surface area contributed by atoms with Gasteiger partial charge in [-0.05, 0) is 54.4 Å². The maximum Gasteiger partial charge on any atom is 0.119 e. The molecule has 0 N–H and O–H groups in total. The maximum atomic E-state index is 5.39. The van der Waals surface area contributed by atoms with Crippen molar-refractivity contribution in [3.63, 3.8) is 0 Å². The number of ether oxygens (including phenoxy) is 1. The molecule has 0 aliphatic rings. The number of benzene rings is 4. The molecule has 4 aromatic rings. The van der Waals surface area contributed by atoms with E-state index in [4.69, 9.17) is 4.74 Å². The number of hydrogen-bond donors (Lipinski definition) is 0. The average molecular weight is 406 g/mol. The van der Waals surface area contributed by atoms with Crippen LogP contribution in [-0.2, 0) is 0 Å². The van der Waals surface area contributed by atoms with Gasteiger partial charge >= 0.3 is 0 Å². The second-order valence-electron chi connectivity index (χ2n) is 7.53. The molecular formula is C29H27NO. The van der Waals surface area contributed by atoms with Crippen LogP contribution in [0.3, 0.4) is 0 Å². The molecule has 0 fully saturated rings. The van der Waals surface area contributed by atoms with Gasteiger partial charge < -0.3 is 9.64 Å². The fraction of sp³-hybridized carbons (Fsp3) is 0.103. The molecule has 0 aliphatic heterocycles. The first-order valence-electron chi connectivity index (χ1n) is 10.5. The van der Waals surface area contributed by atoms with Crippen molar-refractivity contribution in [2.45, 2.75) is 13.0 Å². The van der Waals surface area contributed by atoms with Crippen molar-refractivity contribution in [1.29, 1.82) is 0 Å². The molecule has 2 nitrogen and oxygen atoms in total. The van der Waals surface area contributed by atoms with E-state index in [9.17, 15) is 0 Å². The summed E-state index contributed by atoms with van der Waals surface area (Å²) < 4.78 is 5.39. The Labute approximate surface area is 185 Å². The molecule has 0 aromatic heterocycles. The molecule has 1 unspecified atom stereocenters. The lowest BCUT2D eigenvalue weighted by Gasteiger charge is -2.33. The molecule has 0 aliphatic carbocycles. The summed E-state index contributed by atoms with van der Waals surface area (Å²) in [5.74, 6) is 0.851. The number of rotatable bonds is 7. The normalized spacial score (nSPS) is 11.9. The fourth-order valence-corrected chi connectivity index (χ4v) is 3.68. The Kier molecular flexibility index (Phi) is 6.49. The quantitative estimate of drug-likeness (QED) is 0.314. The fourth-order valence-electron chi connectivity index (χ4n) is 3.68. The summed E-state index contributed by atoms with van der Waals surface area (Å²) in [5, 5.41) is 0. The number of nitrogens with zero attached hydrogens (tertiary/aromatic N) is 1. The predicted octanol–water partition coefficient (Wildman–Crippen LogP) is 7.60. The van der Waals surface area contributed by atoms with Crippen LogP contribution < -0.4 is 9.64 Å². The lowest BCUT2D eigenvalue weighted by atomic mass is 10.0. The van der Waals surface area contributed by atoms with E-state index in [0.717, 1.165) is 17.1 Å². The molecule has 2 heteroatoms. The second kappa shape index (κ2) is 9.82. The Morgan fingerprint density at radius 2 is 1.23 bits per heavy atom. The topological polar surface area (TPSA) is 12.5 Å². The van der Waals surface area contributed by atoms with Gasteiger partial charge in [0.1, 0.15) is 5.75 Å². The third-order valence-corrected chi connectivity index (χ3v) is 5.35. The molecule has 0 radical (unpaired) electrons. The molecule has 0 saturated heterocycles. The minimum absolute atomic E-state index is 0.0255. The highest BCUT2D eigenvalue weighted by Crippen LogP contribution is 2.37. The van der Waals surface area contributed by atoms with Gasteiger partial charge in [0.15, 0.2) is 0 Å². The Balaban J connectivity index is 1.83. The van der Waals surface area contributed by atoms with Crippen molar-refractivity contribution in [2.24, 2.45) is 0 Å². The van der Waals surface area contributed by atoms with Crippen LogP contribution in [0.5, 0.6) is 5.75 Å². The Morgan fingerprint density at radius 3 is 1.81 bits per heavy atom. The van der Waals surface area contributed by atoms with E-state index in [0.29, 0.717) is 0 Å². The minimum Gasteiger partial charge on any atom is -0.497 e. The monoisotopic (exact) mass is 405 g/mol. The maximum absolute atomic E-state index is 5.39. The van der Waals surface area contributed by atoms with Crippen molar-refractivity contribution >= 4 is 17.5 Å². The van der Waals surface area contributed by atoms with Crippen LogP contribution in [0.15, 0.2) is 115 Å². The van der Waals surface area contributed by atoms with Crippen molar-refractivity contribution in [3.05, 3.63) is 132 Å². The summed E-state index contributed by atoms with van der Waals surface area (Å²) >= 11 is 0. The molecule has 1 atom stereocenters. The first kappa shape index (κ1) is 20.5. The number of aryl methyl sites for hydroxylation is 1. The lowest BCUT2D eigenvalue weighted by molar-refractivity contribution is 0.415. The molecule has 4 rings (SSSR count). The van der Waals surface area contributed by atoms with E-state index in [2.05, 4.69) is 115 Å². The summed E-state index contributed by atoms with van der Waals surface area (Å²) in [5.41, 5.74) is 5.90. The third kappa shape index (κ3) is 5.04. The average Bonchev–Trinajstić information content (AvgIpc) is 2.84. The Bertz CT molecular complexity index is 1100. The van der Waals surface area contributed by atoms with Crippen LogP contribution in [0, 0.1) is 6.92 Å². The largest absolute Gasteiger partial charge is 0.497 e. The van der Waals surface area contributed by atoms with E-state index in [1.807, 2.05) is 18.2 Å². The van der Waals surface area contributed by atoms with E-state index >= 15 is 0 Å². The van der Waals surface area contributed by atoms with Crippen molar-refractivity contribution in [2.75, 3.05) is 12.0 Å². The van der Waals surface area contributed by atoms with Crippen molar-refractivity contribution < 1.29 is 4.74 Å². The van der Waals surface area contributed by atoms with Crippen LogP contribution >= 0.6 is 0 Å². The van der Waals surface area contributed by atoms with Gasteiger partial charge in [-0.3, -0.25) is 0 Å². The Morgan fingerprint density at radius 1 is 0.677 bits per heavy atom. The van der Waals surface area contributed by atoms with Gasteiger partial charge in [0.2, 0.25) is 0 Å². The molecule has 0 amide bonds. The summed E-state index contributed by atoms with van der Waals surface area (Å²) in [7, 11) is 1.70. The SMILES string of the molecule is COc1ccc(N(c2ccc(C)cc2)C(/C=C/c2ccccc2)c2ccccc2)cc1. The van der Waals surface area contributed by atoms with Gasteiger partial charge in [0.25, 0.3) is 0 Å². The van der Waals surface area contributed by atoms with Gasteiger partial charge in [-0.1, -0.05) is 90.5 Å². The molecule has 4 aromatic carbocycles. The summed E-state index contributed by atoms with van der Waals surface area (Å²) in [4.78, 5) is 2.37. The predicted molar refractivity (Wildman–Crippen MR) is 131 cm³/mol. The van der Waals surface area contributed by atoms with Gasteiger partial charge in [0, 0.05) is 11.4 Å². The standard InChI is InChI=1S/C29H27NO/c1-23-13-16-26(17-14-23)30(27-18-20-28(31-2)21-19-27)29(25-11-7-4-8-12-25)22-15-24-9-5-3-6-10-24/h3-22,29H,1-2H3/b22-15+. The highest BCUT2D eigenvalue weighted by molar-refractivity contribution is 5.68. The second-order valence-corrected chi connectivity index (χ2v) is 7.53. The molecule has 0 spiro atoms. The molecule has 31 heavy (non-hydrogen) atoms. The zero-order chi connectivity index (χ0) is 21.5. The van der Waals surface area contributed by atoms with Gasteiger partial charge in [-0.15, -0.1) is 0 Å². The number of hydrogen-bond acceptors (Lipinski definition) is 2. The van der Waals surface area contributed by atoms with Crippen molar-refractivity contribution in [3.8, 4) is 5.75 Å². The summed E-state index contributed by atoms with van der Waals surface area (Å²) in [6, 6.07) is 38.0. The smallest absolute Gasteiger partial charge is 0.119 e. The highest BCUT2D eigenvalue weighted by atomic mass is 16.5. The van der Waals surface area contributed by atoms with Crippen LogP contribution in [-0.4, -0.2) is 7.11 Å². The van der Waals surface area contributed by atoms with E-state index < -0.39 is 0 Å². The zero-order valence-corrected chi connectivity index (χ0v) is 18.0. The van der Waals surface area contributed by atoms with E-state index in [1.54, 1.807) is 7.11 Å². The molecule has 154 valence electrons. The molecular weight excluding hydrogens is 378 g/mol. The van der Waals surface area contributed by atoms with Gasteiger partial charge in [-0.2, -0.15) is 0 Å². The third-order valence-electron chi connectivity index (χ3n) is 5.35. The lowest BCUT2D eigenvalue weighted by Crippen LogP contribution is -2.22. The number of anilines is 2. The van der Waals surface area contributed by atoms with E-state index in [-0.39, 0.29) is 6.04 Å². The first-order valence-corrected chi connectivity index (χ1v) is 10.5. The molecule has 0 bridgehead atoms. The highest BCUT2D eigenvalue weighted by Gasteiger charge is 2.20. The zero-order valence-electron chi connectivity index (χ0n) is 18.0. The van der Waals surface area contributed by atoms with Gasteiger partial charge in [0.05, 0.1) is 13.2 Å². The van der Waals surface area contributed by atoms with Crippen LogP contribution in [0.4, 0.5) is 11.4 Å². The minimum atomic E-state index is 0.0255.